The average molecular weight is 435 g/mol. The summed E-state index contributed by atoms with van der Waals surface area (Å²) in [6.45, 7) is 14.3. The Morgan fingerprint density at radius 2 is 1.81 bits per heavy atom. The molecule has 2 aliphatic rings. The highest BCUT2D eigenvalue weighted by Gasteiger charge is 2.71. The fraction of sp³-hybridized carbons (Fsp3) is 0.625. The fourth-order valence-corrected chi connectivity index (χ4v) is 4.87. The minimum Gasteiger partial charge on any atom is -0.496 e. The summed E-state index contributed by atoms with van der Waals surface area (Å²) in [6, 6.07) is 0. The standard InChI is InChI=1S/C24H34O7/c1-12(10-22(6,27)19-14(3)18(28-9)15(4)20(26)29-19)17(25)13(2)11-23(7)21-24(8,31-21)16(5)30-23/h10-11,16-17,21,25,27H,1-9H3. The predicted octanol–water partition coefficient (Wildman–Crippen LogP) is 3.06. The summed E-state index contributed by atoms with van der Waals surface area (Å²) in [5.41, 5.74) is -1.06. The van der Waals surface area contributed by atoms with Crippen LogP contribution in [0.25, 0.3) is 0 Å². The van der Waals surface area contributed by atoms with Crippen LogP contribution in [-0.2, 0) is 15.1 Å². The molecule has 31 heavy (non-hydrogen) atoms. The minimum atomic E-state index is -1.63. The van der Waals surface area contributed by atoms with E-state index in [0.717, 1.165) is 0 Å². The lowest BCUT2D eigenvalue weighted by Crippen LogP contribution is -2.31. The van der Waals surface area contributed by atoms with Crippen molar-refractivity contribution in [2.24, 2.45) is 0 Å². The summed E-state index contributed by atoms with van der Waals surface area (Å²) < 4.78 is 22.7. The summed E-state index contributed by atoms with van der Waals surface area (Å²) in [7, 11) is 1.47. The van der Waals surface area contributed by atoms with Crippen LogP contribution in [0.3, 0.4) is 0 Å². The molecule has 2 saturated heterocycles. The maximum atomic E-state index is 12.2. The van der Waals surface area contributed by atoms with Gasteiger partial charge in [-0.25, -0.2) is 4.79 Å². The van der Waals surface area contributed by atoms with Crippen LogP contribution in [0.4, 0.5) is 0 Å². The van der Waals surface area contributed by atoms with Crippen LogP contribution in [0.5, 0.6) is 5.75 Å². The third kappa shape index (κ3) is 3.89. The second-order valence-electron chi connectivity index (χ2n) is 9.45. The number of epoxide rings is 1. The lowest BCUT2D eigenvalue weighted by molar-refractivity contribution is -0.0724. The Morgan fingerprint density at radius 1 is 1.19 bits per heavy atom. The molecule has 0 radical (unpaired) electrons. The Labute approximate surface area is 183 Å². The van der Waals surface area contributed by atoms with Gasteiger partial charge in [0.05, 0.1) is 24.9 Å². The molecule has 6 unspecified atom stereocenters. The number of ether oxygens (including phenoxy) is 3. The van der Waals surface area contributed by atoms with Gasteiger partial charge in [-0.1, -0.05) is 0 Å². The van der Waals surface area contributed by atoms with Gasteiger partial charge in [0.15, 0.2) is 0 Å². The first kappa shape index (κ1) is 23.7. The predicted molar refractivity (Wildman–Crippen MR) is 116 cm³/mol. The van der Waals surface area contributed by atoms with Gasteiger partial charge in [-0.15, -0.1) is 0 Å². The molecule has 3 heterocycles. The summed E-state index contributed by atoms with van der Waals surface area (Å²) >= 11 is 0. The maximum absolute atomic E-state index is 12.2. The van der Waals surface area contributed by atoms with E-state index in [0.29, 0.717) is 28.0 Å². The first-order valence-electron chi connectivity index (χ1n) is 10.5. The van der Waals surface area contributed by atoms with Crippen LogP contribution in [0.2, 0.25) is 0 Å². The molecule has 0 amide bonds. The molecule has 7 heteroatoms. The molecule has 6 atom stereocenters. The molecule has 7 nitrogen and oxygen atoms in total. The molecule has 2 fully saturated rings. The number of fused-ring (bicyclic) bond motifs is 1. The lowest BCUT2D eigenvalue weighted by Gasteiger charge is -2.27. The highest BCUT2D eigenvalue weighted by atomic mass is 16.7. The normalized spacial score (nSPS) is 33.6. The van der Waals surface area contributed by atoms with Gasteiger partial charge in [-0.2, -0.15) is 0 Å². The van der Waals surface area contributed by atoms with E-state index in [1.807, 2.05) is 33.8 Å². The largest absolute Gasteiger partial charge is 0.496 e. The number of aliphatic hydroxyl groups is 2. The summed E-state index contributed by atoms with van der Waals surface area (Å²) in [4.78, 5) is 12.2. The van der Waals surface area contributed by atoms with Gasteiger partial charge in [0.1, 0.15) is 34.4 Å². The number of rotatable bonds is 6. The molecule has 0 aromatic carbocycles. The quantitative estimate of drug-likeness (QED) is 0.524. The van der Waals surface area contributed by atoms with Gasteiger partial charge < -0.3 is 28.8 Å². The smallest absolute Gasteiger partial charge is 0.342 e. The molecular formula is C24H34O7. The van der Waals surface area contributed by atoms with E-state index in [1.165, 1.54) is 20.1 Å². The first-order chi connectivity index (χ1) is 14.2. The van der Waals surface area contributed by atoms with Crippen molar-refractivity contribution in [3.8, 4) is 5.75 Å². The van der Waals surface area contributed by atoms with E-state index >= 15 is 0 Å². The Bertz CT molecular complexity index is 1000. The van der Waals surface area contributed by atoms with Crippen molar-refractivity contribution >= 4 is 0 Å². The van der Waals surface area contributed by atoms with Crippen molar-refractivity contribution in [3.05, 3.63) is 50.6 Å². The molecule has 0 saturated carbocycles. The number of hydrogen-bond acceptors (Lipinski definition) is 7. The Balaban J connectivity index is 1.90. The molecule has 2 aliphatic heterocycles. The average Bonchev–Trinajstić information content (AvgIpc) is 3.33. The van der Waals surface area contributed by atoms with Crippen molar-refractivity contribution < 1.29 is 28.8 Å². The van der Waals surface area contributed by atoms with Crippen molar-refractivity contribution in [2.45, 2.75) is 90.5 Å². The van der Waals surface area contributed by atoms with Crippen LogP contribution in [0, 0.1) is 13.8 Å². The zero-order valence-electron chi connectivity index (χ0n) is 19.8. The zero-order chi connectivity index (χ0) is 23.5. The molecule has 1 aromatic heterocycles. The van der Waals surface area contributed by atoms with E-state index in [9.17, 15) is 15.0 Å². The van der Waals surface area contributed by atoms with Gasteiger partial charge in [0.2, 0.25) is 0 Å². The third-order valence-corrected chi connectivity index (χ3v) is 6.67. The molecule has 1 aromatic rings. The maximum Gasteiger partial charge on any atom is 0.342 e. The van der Waals surface area contributed by atoms with Crippen molar-refractivity contribution in [1.82, 2.24) is 0 Å². The molecule has 0 bridgehead atoms. The Hall–Kier alpha value is -1.93. The molecule has 3 rings (SSSR count). The highest BCUT2D eigenvalue weighted by molar-refractivity contribution is 5.43. The van der Waals surface area contributed by atoms with E-state index in [1.54, 1.807) is 20.8 Å². The van der Waals surface area contributed by atoms with Crippen LogP contribution < -0.4 is 10.4 Å². The van der Waals surface area contributed by atoms with Crippen molar-refractivity contribution in [2.75, 3.05) is 7.11 Å². The van der Waals surface area contributed by atoms with Gasteiger partial charge in [-0.05, 0) is 78.7 Å². The second kappa shape index (κ2) is 7.59. The molecule has 0 aliphatic carbocycles. The lowest BCUT2D eigenvalue weighted by atomic mass is 9.89. The summed E-state index contributed by atoms with van der Waals surface area (Å²) in [5.74, 6) is 0.456. The zero-order valence-corrected chi connectivity index (χ0v) is 19.8. The first-order valence-corrected chi connectivity index (χ1v) is 10.5. The van der Waals surface area contributed by atoms with Gasteiger partial charge in [-0.3, -0.25) is 0 Å². The number of aliphatic hydroxyl groups excluding tert-OH is 1. The van der Waals surface area contributed by atoms with Gasteiger partial charge in [0.25, 0.3) is 0 Å². The van der Waals surface area contributed by atoms with Crippen LogP contribution >= 0.6 is 0 Å². The molecule has 0 spiro atoms. The third-order valence-electron chi connectivity index (χ3n) is 6.67. The SMILES string of the molecule is COc1c(C)c(C(C)(O)C=C(C)C(O)C(C)=CC2(C)OC(C)C3(C)OC23)oc(=O)c1C. The monoisotopic (exact) mass is 434 g/mol. The number of hydrogen-bond donors (Lipinski definition) is 2. The Kier molecular flexibility index (Phi) is 5.81. The fourth-order valence-electron chi connectivity index (χ4n) is 4.87. The minimum absolute atomic E-state index is 0.0385. The topological polar surface area (TPSA) is 102 Å². The van der Waals surface area contributed by atoms with Crippen molar-refractivity contribution in [3.63, 3.8) is 0 Å². The summed E-state index contributed by atoms with van der Waals surface area (Å²) in [5, 5.41) is 22.0. The van der Waals surface area contributed by atoms with Gasteiger partial charge >= 0.3 is 5.63 Å². The van der Waals surface area contributed by atoms with E-state index in [2.05, 4.69) is 0 Å². The van der Waals surface area contributed by atoms with Crippen LogP contribution in [0.15, 0.2) is 32.5 Å². The van der Waals surface area contributed by atoms with E-state index < -0.39 is 22.9 Å². The van der Waals surface area contributed by atoms with Crippen LogP contribution in [0.1, 0.15) is 58.4 Å². The van der Waals surface area contributed by atoms with Crippen molar-refractivity contribution in [1.29, 1.82) is 0 Å². The van der Waals surface area contributed by atoms with E-state index in [-0.39, 0.29) is 23.6 Å². The number of methoxy groups -OCH3 is 1. The summed E-state index contributed by atoms with van der Waals surface area (Å²) in [6.07, 6.45) is 2.34. The molecule has 172 valence electrons. The Morgan fingerprint density at radius 3 is 2.29 bits per heavy atom. The highest BCUT2D eigenvalue weighted by Crippen LogP contribution is 2.55. The molecule has 2 N–H and O–H groups in total. The second-order valence-corrected chi connectivity index (χ2v) is 9.45. The van der Waals surface area contributed by atoms with E-state index in [4.69, 9.17) is 18.6 Å². The van der Waals surface area contributed by atoms with Gasteiger partial charge in [0, 0.05) is 5.56 Å². The molecular weight excluding hydrogens is 400 g/mol. The van der Waals surface area contributed by atoms with Crippen LogP contribution in [-0.4, -0.2) is 46.8 Å².